The lowest BCUT2D eigenvalue weighted by Gasteiger charge is -2.09. The van der Waals surface area contributed by atoms with E-state index in [0.717, 1.165) is 0 Å². The predicted octanol–water partition coefficient (Wildman–Crippen LogP) is 3.41. The molecule has 0 saturated carbocycles. The fourth-order valence-electron chi connectivity index (χ4n) is 1.13. The van der Waals surface area contributed by atoms with Gasteiger partial charge in [0.15, 0.2) is 0 Å². The van der Waals surface area contributed by atoms with E-state index in [-0.39, 0.29) is 6.61 Å². The maximum absolute atomic E-state index is 13.2. The molecule has 2 nitrogen and oxygen atoms in total. The third kappa shape index (κ3) is 3.44. The van der Waals surface area contributed by atoms with Crippen molar-refractivity contribution in [3.05, 3.63) is 35.1 Å². The van der Waals surface area contributed by atoms with Crippen LogP contribution in [0.25, 0.3) is 0 Å². The number of carbonyl (C=O) groups excluding carboxylic acids is 1. The minimum atomic E-state index is -4.62. The lowest BCUT2D eigenvalue weighted by atomic mass is 10.1. The van der Waals surface area contributed by atoms with E-state index in [1.54, 1.807) is 6.92 Å². The highest BCUT2D eigenvalue weighted by Crippen LogP contribution is 2.30. The number of esters is 1. The molecule has 6 heteroatoms. The van der Waals surface area contributed by atoms with Crippen molar-refractivity contribution in [1.82, 2.24) is 0 Å². The van der Waals surface area contributed by atoms with Crippen LogP contribution < -0.4 is 0 Å². The fraction of sp³-hybridized carbons (Fsp3) is 0.364. The smallest absolute Gasteiger partial charge is 0.416 e. The maximum atomic E-state index is 13.2. The molecule has 1 rings (SSSR count). The highest BCUT2D eigenvalue weighted by atomic mass is 19.4. The summed E-state index contributed by atoms with van der Waals surface area (Å²) in [6.07, 6.45) is -4.11. The zero-order chi connectivity index (χ0) is 13.1. The van der Waals surface area contributed by atoms with Crippen LogP contribution in [0.2, 0.25) is 0 Å². The monoisotopic (exact) mass is 250 g/mol. The lowest BCUT2D eigenvalue weighted by molar-refractivity contribution is -0.137. The zero-order valence-corrected chi connectivity index (χ0v) is 8.97. The quantitative estimate of drug-likeness (QED) is 0.607. The minimum absolute atomic E-state index is 0.0362. The molecule has 1 aromatic carbocycles. The maximum Gasteiger partial charge on any atom is 0.416 e. The van der Waals surface area contributed by atoms with Gasteiger partial charge < -0.3 is 4.74 Å². The van der Waals surface area contributed by atoms with Crippen LogP contribution in [0.5, 0.6) is 0 Å². The molecule has 0 amide bonds. The average molecular weight is 250 g/mol. The third-order valence-electron chi connectivity index (χ3n) is 1.95. The van der Waals surface area contributed by atoms with E-state index >= 15 is 0 Å². The summed E-state index contributed by atoms with van der Waals surface area (Å²) in [7, 11) is 0. The number of alkyl halides is 3. The first-order valence-electron chi connectivity index (χ1n) is 4.90. The Morgan fingerprint density at radius 3 is 2.53 bits per heavy atom. The lowest BCUT2D eigenvalue weighted by Crippen LogP contribution is -2.12. The van der Waals surface area contributed by atoms with Gasteiger partial charge in [0.25, 0.3) is 0 Å². The first-order valence-corrected chi connectivity index (χ1v) is 4.90. The molecule has 0 aliphatic heterocycles. The number of halogens is 4. The summed E-state index contributed by atoms with van der Waals surface area (Å²) in [6, 6.07) is 1.63. The first kappa shape index (κ1) is 13.5. The highest BCUT2D eigenvalue weighted by molar-refractivity contribution is 5.89. The van der Waals surface area contributed by atoms with E-state index < -0.39 is 29.1 Å². The van der Waals surface area contributed by atoms with Gasteiger partial charge in [-0.3, -0.25) is 0 Å². The van der Waals surface area contributed by atoms with Gasteiger partial charge in [-0.15, -0.1) is 0 Å². The molecule has 0 aliphatic carbocycles. The summed E-state index contributed by atoms with van der Waals surface area (Å²) in [5.41, 5.74) is -1.78. The largest absolute Gasteiger partial charge is 0.462 e. The van der Waals surface area contributed by atoms with Gasteiger partial charge in [-0.2, -0.15) is 13.2 Å². The summed E-state index contributed by atoms with van der Waals surface area (Å²) in [6.45, 7) is 1.75. The molecule has 0 N–H and O–H groups in total. The van der Waals surface area contributed by atoms with Gasteiger partial charge in [0.1, 0.15) is 5.82 Å². The molecule has 0 fully saturated rings. The molecule has 0 aliphatic rings. The Morgan fingerprint density at radius 2 is 2.00 bits per heavy atom. The van der Waals surface area contributed by atoms with Crippen LogP contribution in [0, 0.1) is 5.82 Å². The fourth-order valence-corrected chi connectivity index (χ4v) is 1.13. The third-order valence-corrected chi connectivity index (χ3v) is 1.95. The van der Waals surface area contributed by atoms with Crippen molar-refractivity contribution < 1.29 is 27.1 Å². The topological polar surface area (TPSA) is 26.3 Å². The molecule has 0 atom stereocenters. The van der Waals surface area contributed by atoms with Crippen molar-refractivity contribution in [2.45, 2.75) is 19.5 Å². The summed E-state index contributed by atoms with van der Waals surface area (Å²) < 4.78 is 54.8. The van der Waals surface area contributed by atoms with Crippen molar-refractivity contribution in [1.29, 1.82) is 0 Å². The Bertz CT molecular complexity index is 412. The van der Waals surface area contributed by atoms with Gasteiger partial charge in [0, 0.05) is 0 Å². The number of hydrogen-bond acceptors (Lipinski definition) is 2. The molecule has 17 heavy (non-hydrogen) atoms. The van der Waals surface area contributed by atoms with Crippen molar-refractivity contribution in [3.63, 3.8) is 0 Å². The molecule has 94 valence electrons. The van der Waals surface area contributed by atoms with E-state index in [2.05, 4.69) is 4.74 Å². The number of ether oxygens (including phenoxy) is 1. The second kappa shape index (κ2) is 5.16. The van der Waals surface area contributed by atoms with Crippen LogP contribution in [-0.4, -0.2) is 12.6 Å². The van der Waals surface area contributed by atoms with Crippen molar-refractivity contribution in [3.8, 4) is 0 Å². The zero-order valence-electron chi connectivity index (χ0n) is 8.97. The summed E-state index contributed by atoms with van der Waals surface area (Å²) >= 11 is 0. The molecule has 0 radical (unpaired) electrons. The second-order valence-electron chi connectivity index (χ2n) is 3.33. The number of benzene rings is 1. The van der Waals surface area contributed by atoms with Gasteiger partial charge in [0.05, 0.1) is 17.7 Å². The molecule has 0 heterocycles. The Hall–Kier alpha value is -1.59. The molecular formula is C11H10F4O2. The van der Waals surface area contributed by atoms with Crippen LogP contribution in [0.1, 0.15) is 29.3 Å². The van der Waals surface area contributed by atoms with Crippen molar-refractivity contribution >= 4 is 5.97 Å². The molecule has 0 bridgehead atoms. The van der Waals surface area contributed by atoms with E-state index in [0.29, 0.717) is 24.6 Å². The van der Waals surface area contributed by atoms with Gasteiger partial charge in [-0.1, -0.05) is 6.92 Å². The van der Waals surface area contributed by atoms with Crippen LogP contribution in [0.3, 0.4) is 0 Å². The Kier molecular flexibility index (Phi) is 4.09. The van der Waals surface area contributed by atoms with E-state index in [9.17, 15) is 22.4 Å². The van der Waals surface area contributed by atoms with Crippen LogP contribution in [-0.2, 0) is 10.9 Å². The van der Waals surface area contributed by atoms with Crippen LogP contribution in [0.4, 0.5) is 17.6 Å². The first-order chi connectivity index (χ1) is 7.86. The standard InChI is InChI=1S/C11H10F4O2/c1-2-5-17-10(16)8-6-7(11(13,14)15)3-4-9(8)12/h3-4,6H,2,5H2,1H3. The number of hydrogen-bond donors (Lipinski definition) is 0. The summed E-state index contributed by atoms with van der Waals surface area (Å²) in [5, 5.41) is 0. The minimum Gasteiger partial charge on any atom is -0.462 e. The molecule has 0 spiro atoms. The summed E-state index contributed by atoms with van der Waals surface area (Å²) in [4.78, 5) is 11.3. The van der Waals surface area contributed by atoms with Gasteiger partial charge >= 0.3 is 12.1 Å². The molecule has 0 saturated heterocycles. The van der Waals surface area contributed by atoms with E-state index in [1.165, 1.54) is 0 Å². The van der Waals surface area contributed by atoms with Crippen LogP contribution in [0.15, 0.2) is 18.2 Å². The normalized spacial score (nSPS) is 11.4. The van der Waals surface area contributed by atoms with E-state index in [4.69, 9.17) is 0 Å². The van der Waals surface area contributed by atoms with Crippen LogP contribution >= 0.6 is 0 Å². The van der Waals surface area contributed by atoms with Gasteiger partial charge in [-0.25, -0.2) is 9.18 Å². The summed E-state index contributed by atoms with van der Waals surface area (Å²) in [5.74, 6) is -2.12. The number of carbonyl (C=O) groups is 1. The second-order valence-corrected chi connectivity index (χ2v) is 3.33. The Balaban J connectivity index is 3.02. The molecule has 0 unspecified atom stereocenters. The van der Waals surface area contributed by atoms with E-state index in [1.807, 2.05) is 0 Å². The predicted molar refractivity (Wildman–Crippen MR) is 52.0 cm³/mol. The molecular weight excluding hydrogens is 240 g/mol. The SMILES string of the molecule is CCCOC(=O)c1cc(C(F)(F)F)ccc1F. The van der Waals surface area contributed by atoms with Crippen molar-refractivity contribution in [2.75, 3.05) is 6.61 Å². The van der Waals surface area contributed by atoms with Crippen molar-refractivity contribution in [2.24, 2.45) is 0 Å². The van der Waals surface area contributed by atoms with Gasteiger partial charge in [-0.05, 0) is 24.6 Å². The molecule has 1 aromatic rings. The average Bonchev–Trinajstić information content (AvgIpc) is 2.24. The van der Waals surface area contributed by atoms with Gasteiger partial charge in [0.2, 0.25) is 0 Å². The molecule has 0 aromatic heterocycles. The highest BCUT2D eigenvalue weighted by Gasteiger charge is 2.32. The Morgan fingerprint density at radius 1 is 1.35 bits per heavy atom. The number of rotatable bonds is 3. The Labute approximate surface area is 95.2 Å².